The van der Waals surface area contributed by atoms with Crippen LogP contribution < -0.4 is 19.5 Å². The van der Waals surface area contributed by atoms with Crippen molar-refractivity contribution in [3.63, 3.8) is 0 Å². The minimum Gasteiger partial charge on any atom is -0.493 e. The number of anilines is 1. The Morgan fingerprint density at radius 2 is 1.73 bits per heavy atom. The van der Waals surface area contributed by atoms with Crippen molar-refractivity contribution in [2.75, 3.05) is 26.6 Å². The van der Waals surface area contributed by atoms with Gasteiger partial charge in [0.2, 0.25) is 10.9 Å². The maximum absolute atomic E-state index is 12.3. The third kappa shape index (κ3) is 4.56. The van der Waals surface area contributed by atoms with Crippen molar-refractivity contribution in [3.05, 3.63) is 58.6 Å². The van der Waals surface area contributed by atoms with Gasteiger partial charge in [0, 0.05) is 5.56 Å². The Morgan fingerprint density at radius 3 is 2.30 bits per heavy atom. The molecule has 0 aliphatic carbocycles. The van der Waals surface area contributed by atoms with Crippen LogP contribution in [0.3, 0.4) is 0 Å². The van der Waals surface area contributed by atoms with Crippen LogP contribution >= 0.6 is 11.3 Å². The summed E-state index contributed by atoms with van der Waals surface area (Å²) in [6.07, 6.45) is 1.63. The van der Waals surface area contributed by atoms with E-state index in [1.54, 1.807) is 42.5 Å². The van der Waals surface area contributed by atoms with Crippen LogP contribution in [0.2, 0.25) is 0 Å². The molecule has 0 saturated heterocycles. The van der Waals surface area contributed by atoms with Crippen LogP contribution in [0.4, 0.5) is 5.13 Å². The van der Waals surface area contributed by atoms with E-state index in [1.807, 2.05) is 6.07 Å². The Kier molecular flexibility index (Phi) is 6.62. The zero-order chi connectivity index (χ0) is 21.5. The number of carbonyl (C=O) groups excluding carboxylic acids is 1. The van der Waals surface area contributed by atoms with Gasteiger partial charge in [0.25, 0.3) is 5.91 Å². The lowest BCUT2D eigenvalue weighted by Gasteiger charge is -2.12. The van der Waals surface area contributed by atoms with E-state index in [2.05, 4.69) is 21.6 Å². The first-order valence-corrected chi connectivity index (χ1v) is 9.53. The van der Waals surface area contributed by atoms with Crippen molar-refractivity contribution < 1.29 is 19.0 Å². The number of allylic oxidation sites excluding steroid dienone is 1. The fraction of sp³-hybridized carbons (Fsp3) is 0.143. The Labute approximate surface area is 177 Å². The summed E-state index contributed by atoms with van der Waals surface area (Å²) in [6.45, 7) is 0. The summed E-state index contributed by atoms with van der Waals surface area (Å²) >= 11 is 1.10. The van der Waals surface area contributed by atoms with Gasteiger partial charge in [-0.05, 0) is 35.9 Å². The second kappa shape index (κ2) is 9.54. The van der Waals surface area contributed by atoms with Crippen LogP contribution in [0.25, 0.3) is 11.6 Å². The molecule has 1 heterocycles. The molecule has 3 rings (SSSR count). The van der Waals surface area contributed by atoms with Gasteiger partial charge < -0.3 is 14.2 Å². The van der Waals surface area contributed by atoms with Crippen molar-refractivity contribution in [2.24, 2.45) is 0 Å². The summed E-state index contributed by atoms with van der Waals surface area (Å²) in [4.78, 5) is 12.3. The minimum absolute atomic E-state index is 0.280. The summed E-state index contributed by atoms with van der Waals surface area (Å²) in [7, 11) is 4.55. The molecule has 0 unspecified atom stereocenters. The molecule has 0 spiro atoms. The van der Waals surface area contributed by atoms with E-state index in [0.29, 0.717) is 38.5 Å². The summed E-state index contributed by atoms with van der Waals surface area (Å²) in [6, 6.07) is 14.3. The molecule has 0 aliphatic rings. The van der Waals surface area contributed by atoms with Crippen LogP contribution in [0.5, 0.6) is 17.2 Å². The van der Waals surface area contributed by atoms with Gasteiger partial charge in [-0.2, -0.15) is 5.26 Å². The number of carbonyl (C=O) groups is 1. The van der Waals surface area contributed by atoms with E-state index in [-0.39, 0.29) is 11.5 Å². The SMILES string of the molecule is COc1cc(/C=C(\C#N)c2nnc(NC(=O)c3ccccc3)s2)cc(OC)c1OC. The predicted octanol–water partition coefficient (Wildman–Crippen LogP) is 3.88. The van der Waals surface area contributed by atoms with Crippen molar-refractivity contribution in [3.8, 4) is 23.3 Å². The lowest BCUT2D eigenvalue weighted by Crippen LogP contribution is -2.11. The number of hydrogen-bond donors (Lipinski definition) is 1. The second-order valence-corrected chi connectivity index (χ2v) is 6.84. The summed E-state index contributed by atoms with van der Waals surface area (Å²) < 4.78 is 16.0. The lowest BCUT2D eigenvalue weighted by atomic mass is 10.1. The van der Waals surface area contributed by atoms with E-state index >= 15 is 0 Å². The van der Waals surface area contributed by atoms with E-state index in [1.165, 1.54) is 21.3 Å². The number of nitrogens with one attached hydrogen (secondary N) is 1. The van der Waals surface area contributed by atoms with Gasteiger partial charge in [0.15, 0.2) is 16.5 Å². The topological polar surface area (TPSA) is 106 Å². The number of amides is 1. The molecule has 1 amide bonds. The number of benzene rings is 2. The standard InChI is InChI=1S/C21H18N4O4S/c1-27-16-10-13(11-17(28-2)18(16)29-3)9-15(12-22)20-24-25-21(30-20)23-19(26)14-7-5-4-6-8-14/h4-11H,1-3H3,(H,23,25,26)/b15-9+. The molecule has 0 radical (unpaired) electrons. The van der Waals surface area contributed by atoms with Crippen LogP contribution in [-0.2, 0) is 0 Å². The molecular weight excluding hydrogens is 404 g/mol. The maximum atomic E-state index is 12.3. The molecule has 0 fully saturated rings. The number of aromatic nitrogens is 2. The molecule has 9 heteroatoms. The van der Waals surface area contributed by atoms with Crippen molar-refractivity contribution >= 4 is 34.0 Å². The van der Waals surface area contributed by atoms with Gasteiger partial charge >= 0.3 is 0 Å². The summed E-state index contributed by atoms with van der Waals surface area (Å²) in [5.74, 6) is 1.09. The fourth-order valence-electron chi connectivity index (χ4n) is 2.63. The largest absolute Gasteiger partial charge is 0.493 e. The molecule has 3 aromatic rings. The van der Waals surface area contributed by atoms with Gasteiger partial charge in [-0.1, -0.05) is 29.5 Å². The molecule has 0 bridgehead atoms. The van der Waals surface area contributed by atoms with Crippen LogP contribution in [0, 0.1) is 11.3 Å². The van der Waals surface area contributed by atoms with E-state index in [0.717, 1.165) is 11.3 Å². The number of hydrogen-bond acceptors (Lipinski definition) is 8. The quantitative estimate of drug-likeness (QED) is 0.576. The Balaban J connectivity index is 1.88. The number of nitriles is 1. The van der Waals surface area contributed by atoms with Crippen molar-refractivity contribution in [1.82, 2.24) is 10.2 Å². The number of rotatable bonds is 7. The highest BCUT2D eigenvalue weighted by Gasteiger charge is 2.15. The highest BCUT2D eigenvalue weighted by atomic mass is 32.1. The van der Waals surface area contributed by atoms with Crippen molar-refractivity contribution in [1.29, 1.82) is 5.26 Å². The minimum atomic E-state index is -0.301. The van der Waals surface area contributed by atoms with E-state index in [9.17, 15) is 10.1 Å². The zero-order valence-electron chi connectivity index (χ0n) is 16.5. The molecule has 2 aromatic carbocycles. The first kappa shape index (κ1) is 20.8. The maximum Gasteiger partial charge on any atom is 0.257 e. The average molecular weight is 422 g/mol. The molecule has 30 heavy (non-hydrogen) atoms. The fourth-order valence-corrected chi connectivity index (χ4v) is 3.34. The molecule has 152 valence electrons. The molecule has 0 aliphatic heterocycles. The van der Waals surface area contributed by atoms with Gasteiger partial charge in [-0.15, -0.1) is 10.2 Å². The van der Waals surface area contributed by atoms with Crippen molar-refractivity contribution in [2.45, 2.75) is 0 Å². The van der Waals surface area contributed by atoms with Gasteiger partial charge in [0.1, 0.15) is 6.07 Å². The predicted molar refractivity (Wildman–Crippen MR) is 114 cm³/mol. The molecule has 0 saturated carbocycles. The van der Waals surface area contributed by atoms with Crippen LogP contribution in [0.1, 0.15) is 20.9 Å². The molecule has 1 N–H and O–H groups in total. The molecule has 8 nitrogen and oxygen atoms in total. The van der Waals surface area contributed by atoms with Gasteiger partial charge in [0.05, 0.1) is 26.9 Å². The molecule has 1 aromatic heterocycles. The summed E-state index contributed by atoms with van der Waals surface area (Å²) in [5.41, 5.74) is 1.44. The summed E-state index contributed by atoms with van der Waals surface area (Å²) in [5, 5.41) is 20.9. The van der Waals surface area contributed by atoms with Gasteiger partial charge in [-0.25, -0.2) is 0 Å². The number of methoxy groups -OCH3 is 3. The Morgan fingerprint density at radius 1 is 1.07 bits per heavy atom. The zero-order valence-corrected chi connectivity index (χ0v) is 17.3. The lowest BCUT2D eigenvalue weighted by molar-refractivity contribution is 0.102. The monoisotopic (exact) mass is 422 g/mol. The van der Waals surface area contributed by atoms with E-state index in [4.69, 9.17) is 14.2 Å². The second-order valence-electron chi connectivity index (χ2n) is 5.86. The molecular formula is C21H18N4O4S. The third-order valence-electron chi connectivity index (χ3n) is 4.03. The normalized spacial score (nSPS) is 10.8. The molecule has 0 atom stereocenters. The average Bonchev–Trinajstić information content (AvgIpc) is 3.25. The van der Waals surface area contributed by atoms with Gasteiger partial charge in [-0.3, -0.25) is 10.1 Å². The third-order valence-corrected chi connectivity index (χ3v) is 4.90. The van der Waals surface area contributed by atoms with Crippen LogP contribution in [0.15, 0.2) is 42.5 Å². The van der Waals surface area contributed by atoms with Crippen LogP contribution in [-0.4, -0.2) is 37.4 Å². The number of nitrogens with zero attached hydrogens (tertiary/aromatic N) is 3. The highest BCUT2D eigenvalue weighted by Crippen LogP contribution is 2.39. The number of ether oxygens (including phenoxy) is 3. The Bertz CT molecular complexity index is 1090. The first-order valence-electron chi connectivity index (χ1n) is 8.71. The van der Waals surface area contributed by atoms with E-state index < -0.39 is 0 Å². The highest BCUT2D eigenvalue weighted by molar-refractivity contribution is 7.16. The Hall–Kier alpha value is -3.90. The smallest absolute Gasteiger partial charge is 0.257 e. The first-order chi connectivity index (χ1) is 14.6.